The maximum absolute atomic E-state index is 9.43. The quantitative estimate of drug-likeness (QED) is 0.571. The third-order valence-corrected chi connectivity index (χ3v) is 5.09. The number of hydrogen-bond donors (Lipinski definition) is 4. The maximum Gasteiger partial charge on any atom is 0.0779 e. The van der Waals surface area contributed by atoms with Gasteiger partial charge in [-0.2, -0.15) is 0 Å². The monoisotopic (exact) mass is 376 g/mol. The Bertz CT molecular complexity index is 284. The van der Waals surface area contributed by atoms with Gasteiger partial charge in [0.1, 0.15) is 0 Å². The van der Waals surface area contributed by atoms with Gasteiger partial charge in [-0.15, -0.1) is 0 Å². The van der Waals surface area contributed by atoms with E-state index in [0.717, 1.165) is 24.7 Å². The van der Waals surface area contributed by atoms with Crippen LogP contribution in [0.15, 0.2) is 0 Å². The van der Waals surface area contributed by atoms with Crippen LogP contribution in [0.2, 0.25) is 0 Å². The summed E-state index contributed by atoms with van der Waals surface area (Å²) in [5.74, 6) is 1.98. The van der Waals surface area contributed by atoms with Crippen molar-refractivity contribution in [3.63, 3.8) is 0 Å². The second-order valence-electron chi connectivity index (χ2n) is 7.91. The van der Waals surface area contributed by atoms with Crippen LogP contribution in [0.3, 0.4) is 0 Å². The van der Waals surface area contributed by atoms with Crippen molar-refractivity contribution in [3.05, 3.63) is 0 Å². The SMILES string of the molecule is CC(O)COC(C)CO.CCO.OC1CCC(CC2CCCCC2)CC1. The van der Waals surface area contributed by atoms with Crippen molar-refractivity contribution < 1.29 is 25.2 Å². The zero-order valence-corrected chi connectivity index (χ0v) is 17.3. The molecular weight excluding hydrogens is 332 g/mol. The maximum atomic E-state index is 9.43. The van der Waals surface area contributed by atoms with Crippen molar-refractivity contribution in [2.45, 2.75) is 103 Å². The van der Waals surface area contributed by atoms with E-state index in [-0.39, 0.29) is 25.4 Å². The molecule has 0 amide bonds. The molecule has 0 aromatic heterocycles. The topological polar surface area (TPSA) is 90.2 Å². The minimum absolute atomic E-state index is 0.00667. The molecule has 0 heterocycles. The minimum Gasteiger partial charge on any atom is -0.397 e. The van der Waals surface area contributed by atoms with Crippen molar-refractivity contribution in [3.8, 4) is 0 Å². The van der Waals surface area contributed by atoms with Gasteiger partial charge >= 0.3 is 0 Å². The molecule has 2 fully saturated rings. The first-order valence-electron chi connectivity index (χ1n) is 10.6. The second kappa shape index (κ2) is 16.9. The van der Waals surface area contributed by atoms with Crippen molar-refractivity contribution in [2.24, 2.45) is 11.8 Å². The summed E-state index contributed by atoms with van der Waals surface area (Å²) < 4.78 is 4.95. The average molecular weight is 377 g/mol. The molecule has 2 aliphatic rings. The van der Waals surface area contributed by atoms with Gasteiger partial charge in [0.25, 0.3) is 0 Å². The molecule has 5 nitrogen and oxygen atoms in total. The first-order valence-corrected chi connectivity index (χ1v) is 10.6. The van der Waals surface area contributed by atoms with Gasteiger partial charge in [-0.25, -0.2) is 0 Å². The molecule has 4 N–H and O–H groups in total. The van der Waals surface area contributed by atoms with Crippen molar-refractivity contribution in [2.75, 3.05) is 19.8 Å². The van der Waals surface area contributed by atoms with E-state index in [0.29, 0.717) is 6.61 Å². The standard InChI is InChI=1S/C13H24O.C6H14O3.C2H6O/c14-13-8-6-12(7-9-13)10-11-4-2-1-3-5-11;1-5(8)4-9-6(2)3-7;1-2-3/h11-14H,1-10H2;5-8H,3-4H2,1-2H3;3H,2H2,1H3. The molecule has 2 unspecified atom stereocenters. The van der Waals surface area contributed by atoms with Gasteiger partial charge < -0.3 is 25.2 Å². The summed E-state index contributed by atoms with van der Waals surface area (Å²) in [5.41, 5.74) is 0. The lowest BCUT2D eigenvalue weighted by atomic mass is 9.77. The van der Waals surface area contributed by atoms with E-state index in [1.54, 1.807) is 20.8 Å². The summed E-state index contributed by atoms with van der Waals surface area (Å²) >= 11 is 0. The summed E-state index contributed by atoms with van der Waals surface area (Å²) in [6.07, 6.45) is 13.0. The molecule has 2 saturated carbocycles. The first-order chi connectivity index (χ1) is 12.4. The van der Waals surface area contributed by atoms with Gasteiger partial charge in [0.15, 0.2) is 0 Å². The smallest absolute Gasteiger partial charge is 0.0779 e. The van der Waals surface area contributed by atoms with E-state index in [2.05, 4.69) is 0 Å². The zero-order valence-electron chi connectivity index (χ0n) is 17.3. The molecule has 0 bridgehead atoms. The van der Waals surface area contributed by atoms with E-state index < -0.39 is 6.10 Å². The highest BCUT2D eigenvalue weighted by Crippen LogP contribution is 2.35. The van der Waals surface area contributed by atoms with Gasteiger partial charge in [0.2, 0.25) is 0 Å². The van der Waals surface area contributed by atoms with Crippen LogP contribution in [0, 0.1) is 11.8 Å². The number of hydrogen-bond acceptors (Lipinski definition) is 5. The van der Waals surface area contributed by atoms with Gasteiger partial charge in [-0.3, -0.25) is 0 Å². The number of ether oxygens (including phenoxy) is 1. The largest absolute Gasteiger partial charge is 0.397 e. The number of aliphatic hydroxyl groups excluding tert-OH is 4. The molecule has 5 heteroatoms. The number of rotatable bonds is 6. The van der Waals surface area contributed by atoms with E-state index >= 15 is 0 Å². The first kappa shape index (κ1) is 25.8. The normalized spacial score (nSPS) is 26.0. The van der Waals surface area contributed by atoms with Gasteiger partial charge in [-0.05, 0) is 64.7 Å². The molecule has 158 valence electrons. The Hall–Kier alpha value is -0.200. The molecule has 0 radical (unpaired) electrons. The molecule has 2 aliphatic carbocycles. The molecule has 26 heavy (non-hydrogen) atoms. The molecule has 0 aliphatic heterocycles. The molecule has 0 spiro atoms. The molecule has 0 aromatic rings. The third kappa shape index (κ3) is 14.9. The fourth-order valence-electron chi connectivity index (χ4n) is 3.63. The Morgan fingerprint density at radius 1 is 0.885 bits per heavy atom. The van der Waals surface area contributed by atoms with Gasteiger partial charge in [0.05, 0.1) is 31.5 Å². The van der Waals surface area contributed by atoms with Crippen molar-refractivity contribution in [1.82, 2.24) is 0 Å². The Kier molecular flexibility index (Phi) is 16.8. The molecule has 0 saturated heterocycles. The second-order valence-corrected chi connectivity index (χ2v) is 7.91. The van der Waals surface area contributed by atoms with Crippen LogP contribution >= 0.6 is 0 Å². The van der Waals surface area contributed by atoms with Crippen LogP contribution in [0.4, 0.5) is 0 Å². The summed E-state index contributed by atoms with van der Waals surface area (Å²) in [5, 5.41) is 34.1. The summed E-state index contributed by atoms with van der Waals surface area (Å²) in [7, 11) is 0. The van der Waals surface area contributed by atoms with Crippen LogP contribution in [-0.4, -0.2) is 58.6 Å². The molecule has 0 aromatic carbocycles. The minimum atomic E-state index is -0.445. The summed E-state index contributed by atoms with van der Waals surface area (Å²) in [4.78, 5) is 0. The van der Waals surface area contributed by atoms with Crippen LogP contribution in [0.25, 0.3) is 0 Å². The fraction of sp³-hybridized carbons (Fsp3) is 1.00. The van der Waals surface area contributed by atoms with Crippen molar-refractivity contribution >= 4 is 0 Å². The predicted octanol–water partition coefficient (Wildman–Crippen LogP) is 3.27. The van der Waals surface area contributed by atoms with Crippen LogP contribution in [0.1, 0.15) is 85.0 Å². The van der Waals surface area contributed by atoms with Gasteiger partial charge in [0, 0.05) is 6.61 Å². The molecule has 2 atom stereocenters. The summed E-state index contributed by atoms with van der Waals surface area (Å²) in [6.45, 7) is 5.63. The fourth-order valence-corrected chi connectivity index (χ4v) is 3.63. The summed E-state index contributed by atoms with van der Waals surface area (Å²) in [6, 6.07) is 0. The molecular formula is C21H44O5. The number of aliphatic hydroxyl groups is 4. The Labute approximate surface area is 160 Å². The van der Waals surface area contributed by atoms with E-state index in [9.17, 15) is 5.11 Å². The Morgan fingerprint density at radius 2 is 1.38 bits per heavy atom. The zero-order chi connectivity index (χ0) is 19.8. The van der Waals surface area contributed by atoms with E-state index in [4.69, 9.17) is 20.1 Å². The predicted molar refractivity (Wildman–Crippen MR) is 106 cm³/mol. The highest BCUT2D eigenvalue weighted by Gasteiger charge is 2.23. The highest BCUT2D eigenvalue weighted by molar-refractivity contribution is 4.76. The lowest BCUT2D eigenvalue weighted by Gasteiger charge is -2.30. The highest BCUT2D eigenvalue weighted by atomic mass is 16.5. The van der Waals surface area contributed by atoms with E-state index in [1.807, 2.05) is 0 Å². The van der Waals surface area contributed by atoms with E-state index in [1.165, 1.54) is 51.4 Å². The molecule has 2 rings (SSSR count). The van der Waals surface area contributed by atoms with Crippen LogP contribution < -0.4 is 0 Å². The van der Waals surface area contributed by atoms with Gasteiger partial charge in [-0.1, -0.05) is 32.1 Å². The van der Waals surface area contributed by atoms with Crippen LogP contribution in [-0.2, 0) is 4.74 Å². The average Bonchev–Trinajstić information content (AvgIpc) is 2.64. The Balaban J connectivity index is 0.000000452. The lowest BCUT2D eigenvalue weighted by molar-refractivity contribution is -0.0177. The lowest BCUT2D eigenvalue weighted by Crippen LogP contribution is -2.21. The van der Waals surface area contributed by atoms with Crippen molar-refractivity contribution in [1.29, 1.82) is 0 Å². The Morgan fingerprint density at radius 3 is 1.85 bits per heavy atom. The third-order valence-electron chi connectivity index (χ3n) is 5.09. The van der Waals surface area contributed by atoms with Crippen LogP contribution in [0.5, 0.6) is 0 Å².